The van der Waals surface area contributed by atoms with E-state index in [-0.39, 0.29) is 17.9 Å². The van der Waals surface area contributed by atoms with Crippen molar-refractivity contribution in [1.29, 1.82) is 0 Å². The molecule has 0 unspecified atom stereocenters. The highest BCUT2D eigenvalue weighted by Crippen LogP contribution is 2.22. The fraction of sp³-hybridized carbons (Fsp3) is 0.294. The molecule has 1 aromatic heterocycles. The van der Waals surface area contributed by atoms with E-state index >= 15 is 0 Å². The number of nitrogens with zero attached hydrogens (tertiary/aromatic N) is 1. The van der Waals surface area contributed by atoms with E-state index in [1.54, 1.807) is 0 Å². The molecule has 24 heavy (non-hydrogen) atoms. The van der Waals surface area contributed by atoms with E-state index in [1.165, 1.54) is 12.1 Å². The molecule has 128 valence electrons. The van der Waals surface area contributed by atoms with Gasteiger partial charge in [-0.3, -0.25) is 4.98 Å². The van der Waals surface area contributed by atoms with E-state index in [1.807, 2.05) is 25.1 Å². The molecule has 2 rings (SSSR count). The van der Waals surface area contributed by atoms with Crippen molar-refractivity contribution in [3.05, 3.63) is 59.4 Å². The average molecular weight is 339 g/mol. The number of benzene rings is 1. The number of hydrogen-bond acceptors (Lipinski definition) is 4. The second-order valence-corrected chi connectivity index (χ2v) is 5.08. The zero-order chi connectivity index (χ0) is 17.6. The summed E-state index contributed by atoms with van der Waals surface area (Å²) in [6.45, 7) is 2.10. The van der Waals surface area contributed by atoms with Crippen molar-refractivity contribution in [3.8, 4) is 5.75 Å². The molecule has 1 heterocycles. The van der Waals surface area contributed by atoms with Crippen LogP contribution in [0, 0.1) is 6.92 Å². The van der Waals surface area contributed by atoms with Crippen LogP contribution in [0.15, 0.2) is 42.5 Å². The lowest BCUT2D eigenvalue weighted by Gasteiger charge is -2.09. The van der Waals surface area contributed by atoms with Crippen LogP contribution in [0.4, 0.5) is 13.2 Å². The van der Waals surface area contributed by atoms with Gasteiger partial charge in [-0.1, -0.05) is 6.07 Å². The first-order valence-electron chi connectivity index (χ1n) is 7.29. The summed E-state index contributed by atoms with van der Waals surface area (Å²) in [7, 11) is 0. The molecule has 1 aromatic carbocycles. The van der Waals surface area contributed by atoms with E-state index in [0.29, 0.717) is 12.8 Å². The summed E-state index contributed by atoms with van der Waals surface area (Å²) in [4.78, 5) is 16.1. The highest BCUT2D eigenvalue weighted by atomic mass is 19.4. The number of rotatable bonds is 6. The summed E-state index contributed by atoms with van der Waals surface area (Å²) in [6, 6.07) is 10.3. The lowest BCUT2D eigenvalue weighted by Crippen LogP contribution is -2.17. The maximum absolute atomic E-state index is 12.1. The third kappa shape index (κ3) is 5.91. The number of alkyl halides is 3. The maximum Gasteiger partial charge on any atom is 0.573 e. The average Bonchev–Trinajstić information content (AvgIpc) is 2.50. The Hall–Kier alpha value is -2.57. The number of pyridine rings is 1. The number of carbonyl (C=O) groups excluding carboxylic acids is 1. The van der Waals surface area contributed by atoms with Gasteiger partial charge < -0.3 is 9.47 Å². The first-order valence-corrected chi connectivity index (χ1v) is 7.29. The van der Waals surface area contributed by atoms with Gasteiger partial charge in [0.1, 0.15) is 5.75 Å². The van der Waals surface area contributed by atoms with Crippen molar-refractivity contribution in [1.82, 2.24) is 4.98 Å². The van der Waals surface area contributed by atoms with E-state index < -0.39 is 12.3 Å². The predicted molar refractivity (Wildman–Crippen MR) is 80.7 cm³/mol. The number of ether oxygens (including phenoxy) is 2. The largest absolute Gasteiger partial charge is 0.573 e. The van der Waals surface area contributed by atoms with Crippen LogP contribution >= 0.6 is 0 Å². The van der Waals surface area contributed by atoms with Crippen LogP contribution < -0.4 is 4.74 Å². The van der Waals surface area contributed by atoms with Gasteiger partial charge in [-0.05, 0) is 56.2 Å². The Kier molecular flexibility index (Phi) is 5.78. The molecule has 0 N–H and O–H groups in total. The molecule has 0 spiro atoms. The molecule has 2 aromatic rings. The highest BCUT2D eigenvalue weighted by Gasteiger charge is 2.31. The van der Waals surface area contributed by atoms with Crippen LogP contribution in [0.1, 0.15) is 28.2 Å². The first-order chi connectivity index (χ1) is 11.3. The van der Waals surface area contributed by atoms with Crippen LogP contribution in [0.2, 0.25) is 0 Å². The second-order valence-electron chi connectivity index (χ2n) is 5.08. The smallest absolute Gasteiger partial charge is 0.462 e. The van der Waals surface area contributed by atoms with Crippen LogP contribution in [0.3, 0.4) is 0 Å². The van der Waals surface area contributed by atoms with Gasteiger partial charge in [-0.25, -0.2) is 4.79 Å². The lowest BCUT2D eigenvalue weighted by molar-refractivity contribution is -0.274. The minimum absolute atomic E-state index is 0.165. The summed E-state index contributed by atoms with van der Waals surface area (Å²) >= 11 is 0. The Bertz CT molecular complexity index is 684. The van der Waals surface area contributed by atoms with Crippen molar-refractivity contribution < 1.29 is 27.4 Å². The summed E-state index contributed by atoms with van der Waals surface area (Å²) in [5, 5.41) is 0. The Balaban J connectivity index is 1.78. The Labute approximate surface area is 137 Å². The first kappa shape index (κ1) is 17.8. The quantitative estimate of drug-likeness (QED) is 0.588. The molecular weight excluding hydrogens is 323 g/mol. The zero-order valence-corrected chi connectivity index (χ0v) is 13.0. The highest BCUT2D eigenvalue weighted by molar-refractivity contribution is 5.89. The Morgan fingerprint density at radius 3 is 2.46 bits per heavy atom. The summed E-state index contributed by atoms with van der Waals surface area (Å²) in [6.07, 6.45) is -3.48. The van der Waals surface area contributed by atoms with Crippen LogP contribution in [0.5, 0.6) is 5.75 Å². The number of aromatic nitrogens is 1. The standard InChI is InChI=1S/C17H16F3NO3/c1-12-4-2-5-14(21-12)6-3-11-23-16(22)13-7-9-15(10-8-13)24-17(18,19)20/h2,4-5,7-10H,3,6,11H2,1H3. The maximum atomic E-state index is 12.1. The predicted octanol–water partition coefficient (Wildman–Crippen LogP) is 4.08. The number of carbonyl (C=O) groups is 1. The summed E-state index contributed by atoms with van der Waals surface area (Å²) in [5.74, 6) is -0.977. The van der Waals surface area contributed by atoms with E-state index in [4.69, 9.17) is 4.74 Å². The minimum Gasteiger partial charge on any atom is -0.462 e. The third-order valence-corrected chi connectivity index (χ3v) is 3.08. The van der Waals surface area contributed by atoms with Crippen LogP contribution in [-0.2, 0) is 11.2 Å². The topological polar surface area (TPSA) is 48.4 Å². The fourth-order valence-electron chi connectivity index (χ4n) is 2.03. The fourth-order valence-corrected chi connectivity index (χ4v) is 2.03. The molecule has 0 fully saturated rings. The second kappa shape index (κ2) is 7.81. The monoisotopic (exact) mass is 339 g/mol. The molecule has 0 atom stereocenters. The zero-order valence-electron chi connectivity index (χ0n) is 13.0. The van der Waals surface area contributed by atoms with Gasteiger partial charge in [0.05, 0.1) is 12.2 Å². The van der Waals surface area contributed by atoms with Gasteiger partial charge in [-0.2, -0.15) is 0 Å². The normalized spacial score (nSPS) is 11.2. The molecule has 0 aliphatic carbocycles. The van der Waals surface area contributed by atoms with Crippen LogP contribution in [-0.4, -0.2) is 23.9 Å². The molecule has 0 radical (unpaired) electrons. The minimum atomic E-state index is -4.76. The Morgan fingerprint density at radius 2 is 1.83 bits per heavy atom. The Morgan fingerprint density at radius 1 is 1.12 bits per heavy atom. The molecule has 0 aliphatic heterocycles. The molecule has 0 bridgehead atoms. The molecule has 0 saturated carbocycles. The van der Waals surface area contributed by atoms with Crippen molar-refractivity contribution in [3.63, 3.8) is 0 Å². The van der Waals surface area contributed by atoms with Gasteiger partial charge in [0.25, 0.3) is 0 Å². The molecule has 7 heteroatoms. The van der Waals surface area contributed by atoms with E-state index in [2.05, 4.69) is 9.72 Å². The molecule has 0 aliphatic rings. The van der Waals surface area contributed by atoms with Gasteiger partial charge in [0, 0.05) is 11.4 Å². The number of aryl methyl sites for hydroxylation is 2. The van der Waals surface area contributed by atoms with Gasteiger partial charge in [-0.15, -0.1) is 13.2 Å². The van der Waals surface area contributed by atoms with Gasteiger partial charge in [0.2, 0.25) is 0 Å². The van der Waals surface area contributed by atoms with Crippen molar-refractivity contribution in [2.45, 2.75) is 26.1 Å². The molecule has 0 amide bonds. The molecule has 0 saturated heterocycles. The molecule has 4 nitrogen and oxygen atoms in total. The molecular formula is C17H16F3NO3. The number of hydrogen-bond donors (Lipinski definition) is 0. The van der Waals surface area contributed by atoms with Crippen LogP contribution in [0.25, 0.3) is 0 Å². The van der Waals surface area contributed by atoms with Crippen molar-refractivity contribution in [2.75, 3.05) is 6.61 Å². The summed E-state index contributed by atoms with van der Waals surface area (Å²) < 4.78 is 45.0. The van der Waals surface area contributed by atoms with Crippen molar-refractivity contribution in [2.24, 2.45) is 0 Å². The van der Waals surface area contributed by atoms with Gasteiger partial charge >= 0.3 is 12.3 Å². The van der Waals surface area contributed by atoms with Gasteiger partial charge in [0.15, 0.2) is 0 Å². The number of esters is 1. The van der Waals surface area contributed by atoms with Crippen molar-refractivity contribution >= 4 is 5.97 Å². The lowest BCUT2D eigenvalue weighted by atomic mass is 10.2. The number of halogens is 3. The van der Waals surface area contributed by atoms with E-state index in [9.17, 15) is 18.0 Å². The third-order valence-electron chi connectivity index (χ3n) is 3.08. The SMILES string of the molecule is Cc1cccc(CCCOC(=O)c2ccc(OC(F)(F)F)cc2)n1. The van der Waals surface area contributed by atoms with E-state index in [0.717, 1.165) is 23.5 Å². The summed E-state index contributed by atoms with van der Waals surface area (Å²) in [5.41, 5.74) is 2.00.